The molecule has 0 aliphatic carbocycles. The van der Waals surface area contributed by atoms with E-state index < -0.39 is 0 Å². The summed E-state index contributed by atoms with van der Waals surface area (Å²) in [6, 6.07) is 8.04. The number of fused-ring (bicyclic) bond motifs is 3. The van der Waals surface area contributed by atoms with Crippen molar-refractivity contribution >= 4 is 11.9 Å². The van der Waals surface area contributed by atoms with Crippen LogP contribution in [-0.2, 0) is 11.3 Å². The SMILES string of the molecule is Cc1cc2c(c3c1C(=O)/C(=C/c1cccc(F)c1)O3)CN(CCCN1CCOCC1)CO2. The Balaban J connectivity index is 1.32. The van der Waals surface area contributed by atoms with E-state index >= 15 is 0 Å². The second kappa shape index (κ2) is 9.02. The molecule has 3 aliphatic heterocycles. The first-order chi connectivity index (χ1) is 15.6. The van der Waals surface area contributed by atoms with Gasteiger partial charge in [0.25, 0.3) is 0 Å². The number of ether oxygens (including phenoxy) is 3. The first-order valence-corrected chi connectivity index (χ1v) is 11.1. The number of rotatable bonds is 5. The number of benzene rings is 2. The monoisotopic (exact) mass is 438 g/mol. The molecule has 168 valence electrons. The predicted molar refractivity (Wildman–Crippen MR) is 118 cm³/mol. The average molecular weight is 438 g/mol. The number of halogens is 1. The smallest absolute Gasteiger partial charge is 0.232 e. The van der Waals surface area contributed by atoms with Gasteiger partial charge in [-0.2, -0.15) is 0 Å². The van der Waals surface area contributed by atoms with Crippen molar-refractivity contribution in [1.29, 1.82) is 0 Å². The van der Waals surface area contributed by atoms with Gasteiger partial charge < -0.3 is 14.2 Å². The lowest BCUT2D eigenvalue weighted by atomic mass is 9.98. The number of hydrogen-bond acceptors (Lipinski definition) is 6. The highest BCUT2D eigenvalue weighted by Crippen LogP contribution is 2.44. The molecule has 2 aromatic carbocycles. The Bertz CT molecular complexity index is 1060. The van der Waals surface area contributed by atoms with Crippen molar-refractivity contribution in [3.63, 3.8) is 0 Å². The Morgan fingerprint density at radius 2 is 1.94 bits per heavy atom. The van der Waals surface area contributed by atoms with E-state index in [4.69, 9.17) is 14.2 Å². The summed E-state index contributed by atoms with van der Waals surface area (Å²) in [4.78, 5) is 17.7. The quantitative estimate of drug-likeness (QED) is 0.665. The molecule has 0 aromatic heterocycles. The van der Waals surface area contributed by atoms with Crippen molar-refractivity contribution < 1.29 is 23.4 Å². The maximum absolute atomic E-state index is 13.6. The van der Waals surface area contributed by atoms with Crippen LogP contribution in [0.2, 0.25) is 0 Å². The molecule has 2 aromatic rings. The lowest BCUT2D eigenvalue weighted by Gasteiger charge is -2.31. The molecular formula is C25H27FN2O4. The molecule has 5 rings (SSSR count). The Morgan fingerprint density at radius 1 is 1.12 bits per heavy atom. The Hall–Kier alpha value is -2.74. The first-order valence-electron chi connectivity index (χ1n) is 11.1. The third kappa shape index (κ3) is 4.28. The van der Waals surface area contributed by atoms with E-state index in [-0.39, 0.29) is 17.4 Å². The van der Waals surface area contributed by atoms with Gasteiger partial charge in [-0.25, -0.2) is 4.39 Å². The summed E-state index contributed by atoms with van der Waals surface area (Å²) in [6.07, 6.45) is 2.64. The number of ketones is 1. The molecule has 0 spiro atoms. The number of morpholine rings is 1. The largest absolute Gasteiger partial charge is 0.478 e. The maximum atomic E-state index is 13.6. The highest BCUT2D eigenvalue weighted by Gasteiger charge is 2.35. The molecule has 0 bridgehead atoms. The van der Waals surface area contributed by atoms with E-state index in [0.717, 1.165) is 62.7 Å². The van der Waals surface area contributed by atoms with E-state index in [0.29, 0.717) is 30.2 Å². The van der Waals surface area contributed by atoms with Crippen LogP contribution in [0.4, 0.5) is 4.39 Å². The first kappa shape index (κ1) is 21.1. The number of carbonyl (C=O) groups is 1. The van der Waals surface area contributed by atoms with Crippen LogP contribution in [0, 0.1) is 12.7 Å². The summed E-state index contributed by atoms with van der Waals surface area (Å²) in [6.45, 7) is 8.61. The third-order valence-corrected chi connectivity index (χ3v) is 6.19. The van der Waals surface area contributed by atoms with E-state index in [1.54, 1.807) is 18.2 Å². The maximum Gasteiger partial charge on any atom is 0.232 e. The van der Waals surface area contributed by atoms with Crippen LogP contribution < -0.4 is 9.47 Å². The number of Topliss-reactive ketones (excluding diaryl/α,β-unsaturated/α-hetero) is 1. The van der Waals surface area contributed by atoms with Gasteiger partial charge in [-0.15, -0.1) is 0 Å². The van der Waals surface area contributed by atoms with Gasteiger partial charge in [0.05, 0.1) is 24.3 Å². The Labute approximate surface area is 187 Å². The number of hydrogen-bond donors (Lipinski definition) is 0. The fraction of sp³-hybridized carbons (Fsp3) is 0.400. The molecule has 3 heterocycles. The molecule has 32 heavy (non-hydrogen) atoms. The molecule has 0 unspecified atom stereocenters. The summed E-state index contributed by atoms with van der Waals surface area (Å²) in [5.41, 5.74) is 2.89. The lowest BCUT2D eigenvalue weighted by molar-refractivity contribution is 0.0329. The van der Waals surface area contributed by atoms with Gasteiger partial charge in [0.15, 0.2) is 5.76 Å². The molecule has 0 N–H and O–H groups in total. The molecule has 0 amide bonds. The molecule has 7 heteroatoms. The minimum atomic E-state index is -0.350. The molecule has 3 aliphatic rings. The zero-order valence-electron chi connectivity index (χ0n) is 18.2. The van der Waals surface area contributed by atoms with Gasteiger partial charge in [-0.1, -0.05) is 12.1 Å². The average Bonchev–Trinajstić information content (AvgIpc) is 3.12. The van der Waals surface area contributed by atoms with Crippen molar-refractivity contribution in [2.75, 3.05) is 46.1 Å². The summed E-state index contributed by atoms with van der Waals surface area (Å²) in [7, 11) is 0. The van der Waals surface area contributed by atoms with Gasteiger partial charge in [-0.3, -0.25) is 14.6 Å². The predicted octanol–water partition coefficient (Wildman–Crippen LogP) is 3.62. The molecule has 0 atom stereocenters. The minimum absolute atomic E-state index is 0.172. The standard InChI is InChI=1S/C25H27FN2O4/c1-17-12-21-20(15-28(16-31-21)7-3-6-27-8-10-30-11-9-27)25-23(17)24(29)22(32-25)14-18-4-2-5-19(26)13-18/h2,4-5,12-14H,3,6-11,15-16H2,1H3/b22-14-. The second-order valence-corrected chi connectivity index (χ2v) is 8.50. The van der Waals surface area contributed by atoms with Gasteiger partial charge in [0.2, 0.25) is 5.78 Å². The molecule has 1 fully saturated rings. The zero-order chi connectivity index (χ0) is 22.1. The van der Waals surface area contributed by atoms with Crippen molar-refractivity contribution in [3.8, 4) is 11.5 Å². The van der Waals surface area contributed by atoms with Crippen molar-refractivity contribution in [3.05, 3.63) is 64.2 Å². The third-order valence-electron chi connectivity index (χ3n) is 6.19. The van der Waals surface area contributed by atoms with Gasteiger partial charge >= 0.3 is 0 Å². The number of nitrogens with zero attached hydrogens (tertiary/aromatic N) is 2. The van der Waals surface area contributed by atoms with Crippen LogP contribution >= 0.6 is 0 Å². The van der Waals surface area contributed by atoms with Crippen molar-refractivity contribution in [1.82, 2.24) is 9.80 Å². The fourth-order valence-electron chi connectivity index (χ4n) is 4.51. The fourth-order valence-corrected chi connectivity index (χ4v) is 4.51. The summed E-state index contributed by atoms with van der Waals surface area (Å²) >= 11 is 0. The minimum Gasteiger partial charge on any atom is -0.478 e. The van der Waals surface area contributed by atoms with Gasteiger partial charge in [-0.05, 0) is 55.3 Å². The van der Waals surface area contributed by atoms with Crippen molar-refractivity contribution in [2.24, 2.45) is 0 Å². The van der Waals surface area contributed by atoms with Crippen LogP contribution in [0.3, 0.4) is 0 Å². The molecule has 1 saturated heterocycles. The van der Waals surface area contributed by atoms with Crippen LogP contribution in [-0.4, -0.2) is 61.7 Å². The van der Waals surface area contributed by atoms with Crippen LogP contribution in [0.15, 0.2) is 36.1 Å². The Morgan fingerprint density at radius 3 is 2.75 bits per heavy atom. The van der Waals surface area contributed by atoms with E-state index in [9.17, 15) is 9.18 Å². The van der Waals surface area contributed by atoms with Crippen molar-refractivity contribution in [2.45, 2.75) is 19.9 Å². The van der Waals surface area contributed by atoms with E-state index in [1.165, 1.54) is 12.1 Å². The number of carbonyl (C=O) groups excluding carboxylic acids is 1. The topological polar surface area (TPSA) is 51.2 Å². The summed E-state index contributed by atoms with van der Waals surface area (Å²) in [5, 5.41) is 0. The van der Waals surface area contributed by atoms with Crippen LogP contribution in [0.1, 0.15) is 33.5 Å². The number of aryl methyl sites for hydroxylation is 1. The molecular weight excluding hydrogens is 411 g/mol. The second-order valence-electron chi connectivity index (χ2n) is 8.50. The highest BCUT2D eigenvalue weighted by atomic mass is 19.1. The lowest BCUT2D eigenvalue weighted by Crippen LogP contribution is -2.39. The molecule has 0 radical (unpaired) electrons. The summed E-state index contributed by atoms with van der Waals surface area (Å²) < 4.78 is 31.1. The van der Waals surface area contributed by atoms with Crippen LogP contribution in [0.25, 0.3) is 6.08 Å². The zero-order valence-corrected chi connectivity index (χ0v) is 18.2. The molecule has 0 saturated carbocycles. The number of allylic oxidation sites excluding steroid dienone is 1. The Kier molecular flexibility index (Phi) is 5.95. The summed E-state index contributed by atoms with van der Waals surface area (Å²) in [5.74, 6) is 1.04. The van der Waals surface area contributed by atoms with E-state index in [2.05, 4.69) is 9.80 Å². The van der Waals surface area contributed by atoms with Gasteiger partial charge in [0.1, 0.15) is 24.0 Å². The van der Waals surface area contributed by atoms with Gasteiger partial charge in [0, 0.05) is 26.2 Å². The molecule has 6 nitrogen and oxygen atoms in total. The highest BCUT2D eigenvalue weighted by molar-refractivity contribution is 6.15. The van der Waals surface area contributed by atoms with Crippen LogP contribution in [0.5, 0.6) is 11.5 Å². The normalized spacial score (nSPS) is 20.1. The van der Waals surface area contributed by atoms with E-state index in [1.807, 2.05) is 13.0 Å².